The molecule has 0 aromatic heterocycles. The van der Waals surface area contributed by atoms with Crippen molar-refractivity contribution in [1.29, 1.82) is 0 Å². The number of nitrogens with two attached hydrogens (primary N) is 1. The van der Waals surface area contributed by atoms with Crippen LogP contribution in [0.1, 0.15) is 17.5 Å². The number of nitrogens with zero attached hydrogens (tertiary/aromatic N) is 1. The number of phenolic OH excluding ortho intramolecular Hbond substituents is 1. The van der Waals surface area contributed by atoms with Crippen molar-refractivity contribution in [2.75, 3.05) is 13.1 Å². The van der Waals surface area contributed by atoms with E-state index in [-0.39, 0.29) is 5.75 Å². The lowest BCUT2D eigenvalue weighted by atomic mass is 10.1. The van der Waals surface area contributed by atoms with E-state index in [1.54, 1.807) is 6.07 Å². The summed E-state index contributed by atoms with van der Waals surface area (Å²) in [6.45, 7) is 2.92. The minimum Gasteiger partial charge on any atom is -0.505 e. The van der Waals surface area contributed by atoms with E-state index in [0.717, 1.165) is 25.1 Å². The van der Waals surface area contributed by atoms with Gasteiger partial charge in [-0.05, 0) is 36.2 Å². The highest BCUT2D eigenvalue weighted by Crippen LogP contribution is 2.18. The third kappa shape index (κ3) is 4.85. The Morgan fingerprint density at radius 1 is 1.00 bits per heavy atom. The van der Waals surface area contributed by atoms with Crippen molar-refractivity contribution in [2.24, 2.45) is 5.73 Å². The van der Waals surface area contributed by atoms with Crippen LogP contribution in [0.5, 0.6) is 5.75 Å². The highest BCUT2D eigenvalue weighted by atomic mass is 19.1. The van der Waals surface area contributed by atoms with Crippen LogP contribution in [0.2, 0.25) is 0 Å². The van der Waals surface area contributed by atoms with Gasteiger partial charge in [0.1, 0.15) is 0 Å². The van der Waals surface area contributed by atoms with Gasteiger partial charge in [-0.25, -0.2) is 4.39 Å². The standard InChI is InChI=1S/C17H21FN2O/c18-16-11-15(7-8-17(16)21)13-20(10-4-9-19)12-14-5-2-1-3-6-14/h1-3,5-8,11,21H,4,9-10,12-13,19H2. The van der Waals surface area contributed by atoms with Gasteiger partial charge in [0.25, 0.3) is 0 Å². The smallest absolute Gasteiger partial charge is 0.165 e. The third-order valence-electron chi connectivity index (χ3n) is 3.35. The number of aromatic hydroxyl groups is 1. The van der Waals surface area contributed by atoms with Gasteiger partial charge in [-0.2, -0.15) is 0 Å². The Kier molecular flexibility index (Phi) is 5.72. The Balaban J connectivity index is 2.06. The quantitative estimate of drug-likeness (QED) is 0.823. The van der Waals surface area contributed by atoms with E-state index in [0.29, 0.717) is 13.1 Å². The molecule has 0 spiro atoms. The van der Waals surface area contributed by atoms with Gasteiger partial charge in [-0.1, -0.05) is 36.4 Å². The molecule has 0 aliphatic rings. The average molecular weight is 288 g/mol. The molecule has 2 rings (SSSR count). The molecule has 4 heteroatoms. The summed E-state index contributed by atoms with van der Waals surface area (Å²) in [5.74, 6) is -0.888. The van der Waals surface area contributed by atoms with Gasteiger partial charge in [0.05, 0.1) is 0 Å². The second-order valence-electron chi connectivity index (χ2n) is 5.12. The molecule has 2 aromatic rings. The maximum atomic E-state index is 13.4. The lowest BCUT2D eigenvalue weighted by molar-refractivity contribution is 0.254. The number of halogens is 1. The largest absolute Gasteiger partial charge is 0.505 e. The predicted molar refractivity (Wildman–Crippen MR) is 82.3 cm³/mol. The van der Waals surface area contributed by atoms with Crippen LogP contribution in [0.4, 0.5) is 4.39 Å². The molecule has 0 unspecified atom stereocenters. The van der Waals surface area contributed by atoms with E-state index in [2.05, 4.69) is 17.0 Å². The molecule has 0 heterocycles. The highest BCUT2D eigenvalue weighted by molar-refractivity contribution is 5.28. The minimum absolute atomic E-state index is 0.310. The molecular weight excluding hydrogens is 267 g/mol. The van der Waals surface area contributed by atoms with Crippen molar-refractivity contribution in [3.8, 4) is 5.75 Å². The van der Waals surface area contributed by atoms with Gasteiger partial charge in [-0.15, -0.1) is 0 Å². The fourth-order valence-corrected chi connectivity index (χ4v) is 2.28. The number of rotatable bonds is 7. The van der Waals surface area contributed by atoms with Crippen LogP contribution in [0.25, 0.3) is 0 Å². The first kappa shape index (κ1) is 15.5. The molecule has 0 fully saturated rings. The molecule has 0 amide bonds. The molecule has 0 saturated heterocycles. The molecule has 0 atom stereocenters. The van der Waals surface area contributed by atoms with Gasteiger partial charge in [0.15, 0.2) is 11.6 Å². The number of hydrogen-bond acceptors (Lipinski definition) is 3. The summed E-state index contributed by atoms with van der Waals surface area (Å²) in [4.78, 5) is 2.23. The maximum absolute atomic E-state index is 13.4. The van der Waals surface area contributed by atoms with Crippen molar-refractivity contribution >= 4 is 0 Å². The monoisotopic (exact) mass is 288 g/mol. The van der Waals surface area contributed by atoms with Gasteiger partial charge < -0.3 is 10.8 Å². The van der Waals surface area contributed by atoms with Crippen molar-refractivity contribution in [3.05, 3.63) is 65.5 Å². The van der Waals surface area contributed by atoms with E-state index >= 15 is 0 Å². The molecular formula is C17H21FN2O. The predicted octanol–water partition coefficient (Wildman–Crippen LogP) is 2.88. The Morgan fingerprint density at radius 3 is 2.38 bits per heavy atom. The summed E-state index contributed by atoms with van der Waals surface area (Å²) in [7, 11) is 0. The van der Waals surface area contributed by atoms with E-state index in [1.807, 2.05) is 18.2 Å². The normalized spacial score (nSPS) is 11.0. The van der Waals surface area contributed by atoms with Crippen LogP contribution < -0.4 is 5.73 Å². The first-order valence-electron chi connectivity index (χ1n) is 7.13. The zero-order valence-corrected chi connectivity index (χ0v) is 12.0. The summed E-state index contributed by atoms with van der Waals surface area (Å²) in [5, 5.41) is 9.25. The molecule has 112 valence electrons. The summed E-state index contributed by atoms with van der Waals surface area (Å²) in [6.07, 6.45) is 0.896. The Bertz CT molecular complexity index is 560. The maximum Gasteiger partial charge on any atom is 0.165 e. The number of phenols is 1. The van der Waals surface area contributed by atoms with Gasteiger partial charge in [0.2, 0.25) is 0 Å². The van der Waals surface area contributed by atoms with E-state index in [9.17, 15) is 9.50 Å². The third-order valence-corrected chi connectivity index (χ3v) is 3.35. The zero-order chi connectivity index (χ0) is 15.1. The second kappa shape index (κ2) is 7.76. The molecule has 0 aliphatic heterocycles. The molecule has 0 radical (unpaired) electrons. The number of benzene rings is 2. The van der Waals surface area contributed by atoms with Crippen LogP contribution in [0, 0.1) is 5.82 Å². The van der Waals surface area contributed by atoms with Crippen molar-refractivity contribution in [3.63, 3.8) is 0 Å². The molecule has 2 aromatic carbocycles. The van der Waals surface area contributed by atoms with Crippen molar-refractivity contribution in [2.45, 2.75) is 19.5 Å². The van der Waals surface area contributed by atoms with E-state index in [4.69, 9.17) is 5.73 Å². The van der Waals surface area contributed by atoms with E-state index in [1.165, 1.54) is 17.7 Å². The minimum atomic E-state index is -0.578. The molecule has 0 aliphatic carbocycles. The van der Waals surface area contributed by atoms with Crippen LogP contribution in [0.3, 0.4) is 0 Å². The van der Waals surface area contributed by atoms with Gasteiger partial charge >= 0.3 is 0 Å². The summed E-state index contributed by atoms with van der Waals surface area (Å²) < 4.78 is 13.4. The molecule has 3 nitrogen and oxygen atoms in total. The first-order valence-corrected chi connectivity index (χ1v) is 7.13. The molecule has 0 saturated carbocycles. The SMILES string of the molecule is NCCCN(Cc1ccccc1)Cc1ccc(O)c(F)c1. The number of hydrogen-bond donors (Lipinski definition) is 2. The van der Waals surface area contributed by atoms with Crippen molar-refractivity contribution in [1.82, 2.24) is 4.90 Å². The molecule has 21 heavy (non-hydrogen) atoms. The van der Waals surface area contributed by atoms with Gasteiger partial charge in [0, 0.05) is 19.6 Å². The summed E-state index contributed by atoms with van der Waals surface area (Å²) >= 11 is 0. The molecule has 3 N–H and O–H groups in total. The molecule has 0 bridgehead atoms. The second-order valence-corrected chi connectivity index (χ2v) is 5.12. The lowest BCUT2D eigenvalue weighted by Gasteiger charge is -2.22. The van der Waals surface area contributed by atoms with Crippen LogP contribution in [-0.4, -0.2) is 23.1 Å². The average Bonchev–Trinajstić information content (AvgIpc) is 2.49. The summed E-state index contributed by atoms with van der Waals surface area (Å²) in [5.41, 5.74) is 7.65. The van der Waals surface area contributed by atoms with Crippen LogP contribution in [0.15, 0.2) is 48.5 Å². The summed E-state index contributed by atoms with van der Waals surface area (Å²) in [6, 6.07) is 14.7. The Labute approximate surface area is 124 Å². The van der Waals surface area contributed by atoms with Crippen LogP contribution in [-0.2, 0) is 13.1 Å². The van der Waals surface area contributed by atoms with Crippen LogP contribution >= 0.6 is 0 Å². The fourth-order valence-electron chi connectivity index (χ4n) is 2.28. The fraction of sp³-hybridized carbons (Fsp3) is 0.294. The van der Waals surface area contributed by atoms with E-state index < -0.39 is 5.82 Å². The topological polar surface area (TPSA) is 49.5 Å². The van der Waals surface area contributed by atoms with Crippen molar-refractivity contribution < 1.29 is 9.50 Å². The lowest BCUT2D eigenvalue weighted by Crippen LogP contribution is -2.25. The Hall–Kier alpha value is -1.91. The zero-order valence-electron chi connectivity index (χ0n) is 12.0. The Morgan fingerprint density at radius 2 is 1.71 bits per heavy atom. The van der Waals surface area contributed by atoms with Gasteiger partial charge in [-0.3, -0.25) is 4.90 Å². The highest BCUT2D eigenvalue weighted by Gasteiger charge is 2.09. The first-order chi connectivity index (χ1) is 10.2.